The van der Waals surface area contributed by atoms with Gasteiger partial charge < -0.3 is 5.73 Å². The Kier molecular flexibility index (Phi) is 1.65. The normalized spacial score (nSPS) is 44.4. The van der Waals surface area contributed by atoms with Crippen LogP contribution in [0.15, 0.2) is 0 Å². The van der Waals surface area contributed by atoms with Crippen LogP contribution in [-0.2, 0) is 9.59 Å². The van der Waals surface area contributed by atoms with Crippen molar-refractivity contribution in [2.75, 3.05) is 0 Å². The zero-order chi connectivity index (χ0) is 10.7. The number of amides is 1. The van der Waals surface area contributed by atoms with Crippen LogP contribution in [-0.4, -0.2) is 11.7 Å². The summed E-state index contributed by atoms with van der Waals surface area (Å²) in [6.07, 6.45) is 1.87. The van der Waals surface area contributed by atoms with Crippen molar-refractivity contribution in [3.63, 3.8) is 0 Å². The standard InChI is InChI=1S/C11H17NO2/c1-10(2)6-4-5-11(10,3)8(13)7(6)9(12)14/h6-7H,4-5H2,1-3H3,(H2,12,14)/t6-,7?,11+/m1/s1. The third-order valence-corrected chi connectivity index (χ3v) is 4.84. The number of ketones is 1. The number of hydrogen-bond donors (Lipinski definition) is 1. The largest absolute Gasteiger partial charge is 0.369 e. The molecule has 3 atom stereocenters. The van der Waals surface area contributed by atoms with Gasteiger partial charge in [-0.05, 0) is 24.2 Å². The van der Waals surface area contributed by atoms with Crippen LogP contribution in [0.25, 0.3) is 0 Å². The molecule has 0 aliphatic heterocycles. The molecular weight excluding hydrogens is 178 g/mol. The van der Waals surface area contributed by atoms with Gasteiger partial charge in [0.15, 0.2) is 5.78 Å². The Morgan fingerprint density at radius 2 is 2.00 bits per heavy atom. The fourth-order valence-electron chi connectivity index (χ4n) is 3.41. The fourth-order valence-corrected chi connectivity index (χ4v) is 3.41. The zero-order valence-electron chi connectivity index (χ0n) is 8.96. The Morgan fingerprint density at radius 1 is 1.43 bits per heavy atom. The summed E-state index contributed by atoms with van der Waals surface area (Å²) in [7, 11) is 0. The van der Waals surface area contributed by atoms with Crippen LogP contribution < -0.4 is 5.73 Å². The minimum absolute atomic E-state index is 0.0657. The summed E-state index contributed by atoms with van der Waals surface area (Å²) in [5.41, 5.74) is 4.91. The van der Waals surface area contributed by atoms with Crippen molar-refractivity contribution >= 4 is 11.7 Å². The predicted molar refractivity (Wildman–Crippen MR) is 52.3 cm³/mol. The SMILES string of the molecule is CC1(C)[C@@H]2CC[C@@]1(C)C(=O)C2C(N)=O. The van der Waals surface area contributed by atoms with Gasteiger partial charge in [-0.25, -0.2) is 0 Å². The van der Waals surface area contributed by atoms with Crippen LogP contribution in [0.1, 0.15) is 33.6 Å². The first-order chi connectivity index (χ1) is 6.32. The average Bonchev–Trinajstić information content (AvgIpc) is 2.35. The average molecular weight is 195 g/mol. The minimum atomic E-state index is -0.524. The van der Waals surface area contributed by atoms with Gasteiger partial charge in [0.25, 0.3) is 0 Å². The predicted octanol–water partition coefficient (Wildman–Crippen LogP) is 1.11. The molecule has 2 aliphatic carbocycles. The Balaban J connectivity index is 2.49. The minimum Gasteiger partial charge on any atom is -0.369 e. The third kappa shape index (κ3) is 0.787. The highest BCUT2D eigenvalue weighted by Gasteiger charge is 2.67. The summed E-state index contributed by atoms with van der Waals surface area (Å²) in [6.45, 7) is 6.16. The van der Waals surface area contributed by atoms with Gasteiger partial charge in [0.1, 0.15) is 5.92 Å². The van der Waals surface area contributed by atoms with Gasteiger partial charge in [-0.2, -0.15) is 0 Å². The number of carbonyl (C=O) groups excluding carboxylic acids is 2. The monoisotopic (exact) mass is 195 g/mol. The molecule has 3 nitrogen and oxygen atoms in total. The number of carbonyl (C=O) groups is 2. The number of fused-ring (bicyclic) bond motifs is 2. The molecule has 0 aromatic carbocycles. The molecule has 0 aromatic rings. The molecule has 0 heterocycles. The highest BCUT2D eigenvalue weighted by atomic mass is 16.2. The van der Waals surface area contributed by atoms with Crippen molar-refractivity contribution < 1.29 is 9.59 Å². The van der Waals surface area contributed by atoms with E-state index in [1.54, 1.807) is 0 Å². The Bertz CT molecular complexity index is 321. The van der Waals surface area contributed by atoms with Crippen molar-refractivity contribution in [2.45, 2.75) is 33.6 Å². The zero-order valence-corrected chi connectivity index (χ0v) is 8.96. The molecule has 1 unspecified atom stereocenters. The highest BCUT2D eigenvalue weighted by Crippen LogP contribution is 2.65. The molecule has 78 valence electrons. The summed E-state index contributed by atoms with van der Waals surface area (Å²) in [4.78, 5) is 23.3. The smallest absolute Gasteiger partial charge is 0.228 e. The summed E-state index contributed by atoms with van der Waals surface area (Å²) < 4.78 is 0. The second kappa shape index (κ2) is 2.38. The highest BCUT2D eigenvalue weighted by molar-refractivity contribution is 6.06. The van der Waals surface area contributed by atoms with Gasteiger partial charge in [0.2, 0.25) is 5.91 Å². The number of rotatable bonds is 1. The molecule has 0 radical (unpaired) electrons. The third-order valence-electron chi connectivity index (χ3n) is 4.84. The van der Waals surface area contributed by atoms with Gasteiger partial charge in [-0.15, -0.1) is 0 Å². The first kappa shape index (κ1) is 9.69. The Labute approximate surface area is 84.0 Å². The lowest BCUT2D eigenvalue weighted by Gasteiger charge is -2.32. The van der Waals surface area contributed by atoms with Crippen molar-refractivity contribution in [3.8, 4) is 0 Å². The van der Waals surface area contributed by atoms with Crippen molar-refractivity contribution in [1.29, 1.82) is 0 Å². The van der Waals surface area contributed by atoms with E-state index in [4.69, 9.17) is 5.73 Å². The molecule has 2 N–H and O–H groups in total. The molecule has 2 rings (SSSR count). The van der Waals surface area contributed by atoms with Gasteiger partial charge >= 0.3 is 0 Å². The van der Waals surface area contributed by atoms with E-state index < -0.39 is 11.8 Å². The molecule has 2 fully saturated rings. The lowest BCUT2D eigenvalue weighted by atomic mass is 9.70. The molecule has 2 saturated carbocycles. The van der Waals surface area contributed by atoms with Crippen LogP contribution in [0, 0.1) is 22.7 Å². The molecule has 1 amide bonds. The van der Waals surface area contributed by atoms with Crippen molar-refractivity contribution in [1.82, 2.24) is 0 Å². The van der Waals surface area contributed by atoms with E-state index in [-0.39, 0.29) is 22.5 Å². The van der Waals surface area contributed by atoms with Gasteiger partial charge in [0.05, 0.1) is 0 Å². The maximum atomic E-state index is 12.0. The van der Waals surface area contributed by atoms with Crippen LogP contribution in [0.3, 0.4) is 0 Å². The van der Waals surface area contributed by atoms with Gasteiger partial charge in [0, 0.05) is 5.41 Å². The quantitative estimate of drug-likeness (QED) is 0.637. The van der Waals surface area contributed by atoms with E-state index in [1.165, 1.54) is 0 Å². The lowest BCUT2D eigenvalue weighted by Crippen LogP contribution is -2.38. The molecular formula is C11H17NO2. The number of Topliss-reactive ketones (excluding diaryl/α,β-unsaturated/α-hetero) is 1. The summed E-state index contributed by atoms with van der Waals surface area (Å²) in [5, 5.41) is 0. The molecule has 2 bridgehead atoms. The summed E-state index contributed by atoms with van der Waals surface area (Å²) in [5.74, 6) is -0.719. The maximum absolute atomic E-state index is 12.0. The fraction of sp³-hybridized carbons (Fsp3) is 0.818. The van der Waals surface area contributed by atoms with Gasteiger partial charge in [-0.3, -0.25) is 9.59 Å². The van der Waals surface area contributed by atoms with E-state index in [0.29, 0.717) is 0 Å². The van der Waals surface area contributed by atoms with Crippen molar-refractivity contribution in [3.05, 3.63) is 0 Å². The van der Waals surface area contributed by atoms with Crippen LogP contribution >= 0.6 is 0 Å². The molecule has 2 aliphatic rings. The number of nitrogens with two attached hydrogens (primary N) is 1. The first-order valence-electron chi connectivity index (χ1n) is 5.16. The van der Waals surface area contributed by atoms with Crippen LogP contribution in [0.4, 0.5) is 0 Å². The number of hydrogen-bond acceptors (Lipinski definition) is 2. The second-order valence-electron chi connectivity index (χ2n) is 5.44. The Hall–Kier alpha value is -0.860. The van der Waals surface area contributed by atoms with Crippen LogP contribution in [0.2, 0.25) is 0 Å². The van der Waals surface area contributed by atoms with E-state index in [1.807, 2.05) is 6.92 Å². The molecule has 0 saturated heterocycles. The van der Waals surface area contributed by atoms with E-state index in [9.17, 15) is 9.59 Å². The summed E-state index contributed by atoms with van der Waals surface area (Å²) in [6, 6.07) is 0. The molecule has 0 aromatic heterocycles. The van der Waals surface area contributed by atoms with Crippen molar-refractivity contribution in [2.24, 2.45) is 28.4 Å². The topological polar surface area (TPSA) is 60.2 Å². The maximum Gasteiger partial charge on any atom is 0.228 e. The Morgan fingerprint density at radius 3 is 2.29 bits per heavy atom. The number of primary amides is 1. The summed E-state index contributed by atoms with van der Waals surface area (Å²) >= 11 is 0. The van der Waals surface area contributed by atoms with E-state index >= 15 is 0 Å². The molecule has 14 heavy (non-hydrogen) atoms. The first-order valence-corrected chi connectivity index (χ1v) is 5.16. The molecule has 3 heteroatoms. The van der Waals surface area contributed by atoms with Gasteiger partial charge in [-0.1, -0.05) is 20.8 Å². The van der Waals surface area contributed by atoms with E-state index in [0.717, 1.165) is 12.8 Å². The lowest BCUT2D eigenvalue weighted by molar-refractivity contribution is -0.137. The molecule has 0 spiro atoms. The van der Waals surface area contributed by atoms with E-state index in [2.05, 4.69) is 13.8 Å². The van der Waals surface area contributed by atoms with Crippen LogP contribution in [0.5, 0.6) is 0 Å². The second-order valence-corrected chi connectivity index (χ2v) is 5.44.